The summed E-state index contributed by atoms with van der Waals surface area (Å²) in [6, 6.07) is 15.9. The molecule has 0 fully saturated rings. The molecule has 0 spiro atoms. The molecule has 3 nitrogen and oxygen atoms in total. The minimum Gasteiger partial charge on any atom is -0.409 e. The molecule has 5 heteroatoms. The van der Waals surface area contributed by atoms with Gasteiger partial charge in [0.15, 0.2) is 5.84 Å². The second-order valence-electron chi connectivity index (χ2n) is 3.73. The molecule has 2 aromatic rings. The van der Waals surface area contributed by atoms with E-state index in [4.69, 9.17) is 10.9 Å². The molecule has 0 saturated heterocycles. The highest BCUT2D eigenvalue weighted by Crippen LogP contribution is 2.34. The van der Waals surface area contributed by atoms with E-state index in [1.807, 2.05) is 54.8 Å². The first-order chi connectivity index (χ1) is 9.26. The molecule has 0 heterocycles. The van der Waals surface area contributed by atoms with E-state index >= 15 is 0 Å². The van der Waals surface area contributed by atoms with Gasteiger partial charge in [-0.05, 0) is 30.5 Å². The predicted octanol–water partition coefficient (Wildman–Crippen LogP) is 3.65. The first kappa shape index (κ1) is 13.8. The summed E-state index contributed by atoms with van der Waals surface area (Å²) in [4.78, 5) is 3.09. The maximum atomic E-state index is 8.94. The van der Waals surface area contributed by atoms with Gasteiger partial charge in [-0.3, -0.25) is 0 Å². The minimum absolute atomic E-state index is 0.142. The monoisotopic (exact) mass is 290 g/mol. The molecule has 2 aromatic carbocycles. The van der Waals surface area contributed by atoms with Crippen LogP contribution in [0.3, 0.4) is 0 Å². The molecule has 0 amide bonds. The van der Waals surface area contributed by atoms with Crippen molar-refractivity contribution in [1.29, 1.82) is 0 Å². The summed E-state index contributed by atoms with van der Waals surface area (Å²) < 4.78 is 0. The van der Waals surface area contributed by atoms with Gasteiger partial charge in [-0.25, -0.2) is 0 Å². The molecule has 2 rings (SSSR count). The molecule has 98 valence electrons. The summed E-state index contributed by atoms with van der Waals surface area (Å²) in [5, 5.41) is 12.1. The lowest BCUT2D eigenvalue weighted by Crippen LogP contribution is -2.15. The summed E-state index contributed by atoms with van der Waals surface area (Å²) in [7, 11) is 0. The van der Waals surface area contributed by atoms with Crippen molar-refractivity contribution in [2.24, 2.45) is 10.9 Å². The third-order valence-electron chi connectivity index (χ3n) is 2.54. The molecule has 0 aromatic heterocycles. The van der Waals surface area contributed by atoms with E-state index < -0.39 is 0 Å². The summed E-state index contributed by atoms with van der Waals surface area (Å²) in [5.41, 5.74) is 6.58. The van der Waals surface area contributed by atoms with Crippen LogP contribution in [0.4, 0.5) is 0 Å². The van der Waals surface area contributed by atoms with Crippen molar-refractivity contribution in [3.8, 4) is 0 Å². The van der Waals surface area contributed by atoms with E-state index in [0.29, 0.717) is 0 Å². The van der Waals surface area contributed by atoms with Crippen LogP contribution in [-0.4, -0.2) is 17.3 Å². The van der Waals surface area contributed by atoms with Crippen molar-refractivity contribution in [3.63, 3.8) is 0 Å². The van der Waals surface area contributed by atoms with Gasteiger partial charge in [-0.2, -0.15) is 0 Å². The molecule has 0 aliphatic heterocycles. The van der Waals surface area contributed by atoms with Crippen molar-refractivity contribution in [3.05, 3.63) is 54.1 Å². The Bertz CT molecular complexity index is 585. The number of hydrogen-bond acceptors (Lipinski definition) is 4. The van der Waals surface area contributed by atoms with Crippen molar-refractivity contribution < 1.29 is 5.21 Å². The van der Waals surface area contributed by atoms with E-state index in [1.165, 1.54) is 0 Å². The van der Waals surface area contributed by atoms with Crippen molar-refractivity contribution in [2.75, 3.05) is 6.26 Å². The van der Waals surface area contributed by atoms with E-state index in [1.54, 1.807) is 23.5 Å². The highest BCUT2D eigenvalue weighted by molar-refractivity contribution is 8.00. The maximum absolute atomic E-state index is 8.94. The van der Waals surface area contributed by atoms with Gasteiger partial charge >= 0.3 is 0 Å². The highest BCUT2D eigenvalue weighted by atomic mass is 32.2. The Morgan fingerprint density at radius 1 is 1.05 bits per heavy atom. The Kier molecular flexibility index (Phi) is 4.76. The fraction of sp³-hybridized carbons (Fsp3) is 0.0714. The summed E-state index contributed by atoms with van der Waals surface area (Å²) in [5.74, 6) is 0.142. The van der Waals surface area contributed by atoms with Crippen molar-refractivity contribution in [1.82, 2.24) is 0 Å². The first-order valence-electron chi connectivity index (χ1n) is 5.64. The number of hydrogen-bond donors (Lipinski definition) is 2. The Morgan fingerprint density at radius 2 is 1.74 bits per heavy atom. The molecular formula is C14H14N2OS2. The van der Waals surface area contributed by atoms with Gasteiger partial charge < -0.3 is 10.9 Å². The largest absolute Gasteiger partial charge is 0.409 e. The van der Waals surface area contributed by atoms with E-state index in [-0.39, 0.29) is 5.84 Å². The summed E-state index contributed by atoms with van der Waals surface area (Å²) in [6.45, 7) is 0. The van der Waals surface area contributed by atoms with Crippen LogP contribution in [0.5, 0.6) is 0 Å². The molecule has 0 radical (unpaired) electrons. The lowest BCUT2D eigenvalue weighted by Gasteiger charge is -2.11. The lowest BCUT2D eigenvalue weighted by molar-refractivity contribution is 0.318. The van der Waals surface area contributed by atoms with Gasteiger partial charge in [0.1, 0.15) is 0 Å². The Morgan fingerprint density at radius 3 is 2.37 bits per heavy atom. The molecule has 3 N–H and O–H groups in total. The third-order valence-corrected chi connectivity index (χ3v) is 4.39. The molecule has 0 aliphatic rings. The molecule has 0 bridgehead atoms. The van der Waals surface area contributed by atoms with Crippen LogP contribution in [0.15, 0.2) is 68.4 Å². The van der Waals surface area contributed by atoms with Gasteiger partial charge in [0.05, 0.1) is 0 Å². The highest BCUT2D eigenvalue weighted by Gasteiger charge is 2.13. The zero-order valence-corrected chi connectivity index (χ0v) is 12.0. The van der Waals surface area contributed by atoms with Crippen LogP contribution in [-0.2, 0) is 0 Å². The van der Waals surface area contributed by atoms with E-state index in [9.17, 15) is 0 Å². The second-order valence-corrected chi connectivity index (χ2v) is 5.70. The quantitative estimate of drug-likeness (QED) is 0.297. The normalized spacial score (nSPS) is 11.5. The Balaban J connectivity index is 2.45. The number of oxime groups is 1. The summed E-state index contributed by atoms with van der Waals surface area (Å²) >= 11 is 3.18. The lowest BCUT2D eigenvalue weighted by atomic mass is 10.2. The van der Waals surface area contributed by atoms with Crippen LogP contribution in [0.2, 0.25) is 0 Å². The van der Waals surface area contributed by atoms with Gasteiger partial charge in [-0.15, -0.1) is 11.8 Å². The molecule has 19 heavy (non-hydrogen) atoms. The fourth-order valence-electron chi connectivity index (χ4n) is 1.68. The van der Waals surface area contributed by atoms with Gasteiger partial charge in [0.25, 0.3) is 0 Å². The number of rotatable bonds is 4. The number of nitrogens with zero attached hydrogens (tertiary/aromatic N) is 1. The number of thioether (sulfide) groups is 1. The SMILES string of the molecule is CSc1cccc(Sc2ccccc2)c1/C(N)=N/O. The average molecular weight is 290 g/mol. The molecular weight excluding hydrogens is 276 g/mol. The molecule has 0 atom stereocenters. The van der Waals surface area contributed by atoms with Crippen LogP contribution in [0.25, 0.3) is 0 Å². The number of benzene rings is 2. The summed E-state index contributed by atoms with van der Waals surface area (Å²) in [6.07, 6.45) is 1.97. The van der Waals surface area contributed by atoms with Crippen LogP contribution >= 0.6 is 23.5 Å². The third kappa shape index (κ3) is 3.24. The molecule has 0 unspecified atom stereocenters. The van der Waals surface area contributed by atoms with Crippen LogP contribution < -0.4 is 5.73 Å². The predicted molar refractivity (Wildman–Crippen MR) is 81.3 cm³/mol. The van der Waals surface area contributed by atoms with Crippen LogP contribution in [0, 0.1) is 0 Å². The fourth-order valence-corrected chi connectivity index (χ4v) is 3.39. The Labute approximate surface area is 120 Å². The molecule has 0 aliphatic carbocycles. The molecule has 0 saturated carbocycles. The zero-order valence-electron chi connectivity index (χ0n) is 10.4. The van der Waals surface area contributed by atoms with Gasteiger partial charge in [0.2, 0.25) is 0 Å². The van der Waals surface area contributed by atoms with Gasteiger partial charge in [-0.1, -0.05) is 41.2 Å². The second kappa shape index (κ2) is 6.54. The standard InChI is InChI=1S/C14H14N2OS2/c1-18-11-8-5-9-12(13(11)14(15)16-17)19-10-6-3-2-4-7-10/h2-9,17H,1H3,(H2,15,16). The maximum Gasteiger partial charge on any atom is 0.172 e. The Hall–Kier alpha value is -1.59. The zero-order chi connectivity index (χ0) is 13.7. The first-order valence-corrected chi connectivity index (χ1v) is 7.68. The van der Waals surface area contributed by atoms with E-state index in [0.717, 1.165) is 20.2 Å². The number of amidine groups is 1. The average Bonchev–Trinajstić information content (AvgIpc) is 2.47. The smallest absolute Gasteiger partial charge is 0.172 e. The van der Waals surface area contributed by atoms with Crippen LogP contribution in [0.1, 0.15) is 5.56 Å². The van der Waals surface area contributed by atoms with Crippen molar-refractivity contribution in [2.45, 2.75) is 14.7 Å². The van der Waals surface area contributed by atoms with Crippen molar-refractivity contribution >= 4 is 29.4 Å². The number of nitrogens with two attached hydrogens (primary N) is 1. The van der Waals surface area contributed by atoms with Gasteiger partial charge in [0, 0.05) is 20.2 Å². The van der Waals surface area contributed by atoms with E-state index in [2.05, 4.69) is 5.16 Å². The topological polar surface area (TPSA) is 58.6 Å². The minimum atomic E-state index is 0.142.